The van der Waals surface area contributed by atoms with Gasteiger partial charge in [-0.25, -0.2) is 0 Å². The molecular weight excluding hydrogens is 196 g/mol. The minimum Gasteiger partial charge on any atom is -0.315 e. The first-order valence-corrected chi connectivity index (χ1v) is 6.01. The number of aromatic nitrogens is 1. The Labute approximate surface area is 88.6 Å². The lowest BCUT2D eigenvalue weighted by Gasteiger charge is -2.12. The van der Waals surface area contributed by atoms with Crippen LogP contribution in [-0.4, -0.2) is 11.5 Å². The van der Waals surface area contributed by atoms with E-state index in [0.29, 0.717) is 0 Å². The Morgan fingerprint density at radius 3 is 2.71 bits per heavy atom. The van der Waals surface area contributed by atoms with Gasteiger partial charge in [-0.05, 0) is 12.5 Å². The normalized spacial score (nSPS) is 11.1. The summed E-state index contributed by atoms with van der Waals surface area (Å²) in [4.78, 5) is 13.7. The summed E-state index contributed by atoms with van der Waals surface area (Å²) < 4.78 is 0. The molecule has 0 saturated carbocycles. The summed E-state index contributed by atoms with van der Waals surface area (Å²) in [5.41, 5.74) is 0.992. The second-order valence-corrected chi connectivity index (χ2v) is 4.33. The fourth-order valence-electron chi connectivity index (χ4n) is 1.39. The first-order valence-electron chi connectivity index (χ1n) is 5.13. The van der Waals surface area contributed by atoms with E-state index >= 15 is 0 Å². The Balaban J connectivity index is 2.24. The Morgan fingerprint density at radius 2 is 2.21 bits per heavy atom. The second-order valence-electron chi connectivity index (χ2n) is 3.49. The third kappa shape index (κ3) is 3.64. The van der Waals surface area contributed by atoms with Crippen LogP contribution < -0.4 is 10.2 Å². The van der Waals surface area contributed by atoms with Crippen molar-refractivity contribution in [2.24, 2.45) is 5.92 Å². The summed E-state index contributed by atoms with van der Waals surface area (Å²) in [7, 11) is 0. The lowest BCUT2D eigenvalue weighted by Crippen LogP contribution is -2.22. The van der Waals surface area contributed by atoms with Crippen LogP contribution in [0.2, 0.25) is 0 Å². The average molecular weight is 214 g/mol. The standard InChI is InChI=1S/C10H18N2OS/c1-3-8(4-2)5-11-6-9-7-14-10(13)12-9/h7-8,11H,3-6H2,1-2H3,(H,12,13). The molecule has 2 N–H and O–H groups in total. The van der Waals surface area contributed by atoms with Crippen molar-refractivity contribution < 1.29 is 0 Å². The first-order chi connectivity index (χ1) is 6.76. The van der Waals surface area contributed by atoms with E-state index in [-0.39, 0.29) is 4.87 Å². The van der Waals surface area contributed by atoms with Crippen molar-refractivity contribution in [3.63, 3.8) is 0 Å². The smallest absolute Gasteiger partial charge is 0.304 e. The van der Waals surface area contributed by atoms with Crippen LogP contribution in [0.1, 0.15) is 32.4 Å². The van der Waals surface area contributed by atoms with Crippen LogP contribution >= 0.6 is 11.3 Å². The molecule has 0 atom stereocenters. The van der Waals surface area contributed by atoms with Crippen molar-refractivity contribution in [2.75, 3.05) is 6.54 Å². The minimum absolute atomic E-state index is 0.0318. The molecule has 1 rings (SSSR count). The topological polar surface area (TPSA) is 44.9 Å². The van der Waals surface area contributed by atoms with Crippen LogP contribution in [0, 0.1) is 5.92 Å². The highest BCUT2D eigenvalue weighted by atomic mass is 32.1. The third-order valence-electron chi connectivity index (χ3n) is 2.47. The monoisotopic (exact) mass is 214 g/mol. The molecule has 0 aliphatic heterocycles. The molecule has 0 fully saturated rings. The van der Waals surface area contributed by atoms with Crippen molar-refractivity contribution in [3.8, 4) is 0 Å². The number of thiazole rings is 1. The number of hydrogen-bond acceptors (Lipinski definition) is 3. The van der Waals surface area contributed by atoms with Gasteiger partial charge < -0.3 is 10.3 Å². The number of hydrogen-bond donors (Lipinski definition) is 2. The molecule has 0 unspecified atom stereocenters. The SMILES string of the molecule is CCC(CC)CNCc1csc(=O)[nH]1. The van der Waals surface area contributed by atoms with Gasteiger partial charge in [-0.3, -0.25) is 4.79 Å². The molecule has 0 radical (unpaired) electrons. The molecule has 1 heterocycles. The maximum absolute atomic E-state index is 10.8. The van der Waals surface area contributed by atoms with Gasteiger partial charge in [-0.1, -0.05) is 38.0 Å². The van der Waals surface area contributed by atoms with Crippen LogP contribution in [0.4, 0.5) is 0 Å². The van der Waals surface area contributed by atoms with Crippen LogP contribution in [0.15, 0.2) is 10.2 Å². The lowest BCUT2D eigenvalue weighted by molar-refractivity contribution is 0.448. The van der Waals surface area contributed by atoms with Gasteiger partial charge in [0, 0.05) is 17.6 Å². The van der Waals surface area contributed by atoms with Gasteiger partial charge in [0.15, 0.2) is 0 Å². The van der Waals surface area contributed by atoms with Gasteiger partial charge in [0.2, 0.25) is 0 Å². The summed E-state index contributed by atoms with van der Waals surface area (Å²) in [6, 6.07) is 0. The first kappa shape index (κ1) is 11.5. The van der Waals surface area contributed by atoms with E-state index in [2.05, 4.69) is 24.1 Å². The molecule has 4 heteroatoms. The largest absolute Gasteiger partial charge is 0.315 e. The Bertz CT molecular complexity index is 301. The van der Waals surface area contributed by atoms with Gasteiger partial charge in [0.05, 0.1) is 0 Å². The van der Waals surface area contributed by atoms with Crippen molar-refractivity contribution in [1.29, 1.82) is 0 Å². The molecule has 14 heavy (non-hydrogen) atoms. The van der Waals surface area contributed by atoms with Gasteiger partial charge in [0.25, 0.3) is 0 Å². The Kier molecular flexibility index (Phi) is 4.90. The molecule has 1 aromatic rings. The maximum Gasteiger partial charge on any atom is 0.304 e. The molecule has 0 aromatic carbocycles. The number of rotatable bonds is 6. The second kappa shape index (κ2) is 5.98. The van der Waals surface area contributed by atoms with E-state index in [0.717, 1.165) is 24.7 Å². The van der Waals surface area contributed by atoms with Crippen molar-refractivity contribution >= 4 is 11.3 Å². The van der Waals surface area contributed by atoms with Gasteiger partial charge >= 0.3 is 4.87 Å². The summed E-state index contributed by atoms with van der Waals surface area (Å²) in [5.74, 6) is 0.750. The van der Waals surface area contributed by atoms with Gasteiger partial charge in [-0.2, -0.15) is 0 Å². The fraction of sp³-hybridized carbons (Fsp3) is 0.700. The van der Waals surface area contributed by atoms with E-state index in [1.165, 1.54) is 24.2 Å². The Hall–Kier alpha value is -0.610. The lowest BCUT2D eigenvalue weighted by atomic mass is 10.0. The van der Waals surface area contributed by atoms with Crippen LogP contribution in [-0.2, 0) is 6.54 Å². The molecule has 0 aliphatic rings. The average Bonchev–Trinajstić information content (AvgIpc) is 2.59. The summed E-state index contributed by atoms with van der Waals surface area (Å²) >= 11 is 1.22. The molecule has 3 nitrogen and oxygen atoms in total. The molecule has 0 aliphatic carbocycles. The minimum atomic E-state index is 0.0318. The maximum atomic E-state index is 10.8. The number of nitrogens with one attached hydrogen (secondary N) is 2. The molecular formula is C10H18N2OS. The zero-order valence-electron chi connectivity index (χ0n) is 8.80. The van der Waals surface area contributed by atoms with Gasteiger partial charge in [0.1, 0.15) is 0 Å². The predicted octanol–water partition coefficient (Wildman–Crippen LogP) is 1.96. The Morgan fingerprint density at radius 1 is 1.50 bits per heavy atom. The highest BCUT2D eigenvalue weighted by molar-refractivity contribution is 7.07. The number of H-pyrrole nitrogens is 1. The highest BCUT2D eigenvalue weighted by Gasteiger charge is 2.02. The zero-order chi connectivity index (χ0) is 10.4. The quantitative estimate of drug-likeness (QED) is 0.760. The molecule has 0 amide bonds. The van der Waals surface area contributed by atoms with E-state index in [1.807, 2.05) is 5.38 Å². The van der Waals surface area contributed by atoms with Crippen molar-refractivity contribution in [1.82, 2.24) is 10.3 Å². The molecule has 80 valence electrons. The van der Waals surface area contributed by atoms with Crippen LogP contribution in [0.5, 0.6) is 0 Å². The molecule has 1 aromatic heterocycles. The van der Waals surface area contributed by atoms with E-state index in [1.54, 1.807) is 0 Å². The zero-order valence-corrected chi connectivity index (χ0v) is 9.62. The molecule has 0 bridgehead atoms. The summed E-state index contributed by atoms with van der Waals surface area (Å²) in [6.07, 6.45) is 2.42. The van der Waals surface area contributed by atoms with Crippen molar-refractivity contribution in [3.05, 3.63) is 20.7 Å². The summed E-state index contributed by atoms with van der Waals surface area (Å²) in [5, 5.41) is 5.23. The highest BCUT2D eigenvalue weighted by Crippen LogP contribution is 2.05. The van der Waals surface area contributed by atoms with E-state index < -0.39 is 0 Å². The van der Waals surface area contributed by atoms with Crippen LogP contribution in [0.25, 0.3) is 0 Å². The van der Waals surface area contributed by atoms with E-state index in [9.17, 15) is 4.79 Å². The molecule has 0 saturated heterocycles. The fourth-order valence-corrected chi connectivity index (χ4v) is 1.97. The van der Waals surface area contributed by atoms with Crippen molar-refractivity contribution in [2.45, 2.75) is 33.2 Å². The number of aromatic amines is 1. The summed E-state index contributed by atoms with van der Waals surface area (Å²) in [6.45, 7) is 6.23. The third-order valence-corrected chi connectivity index (χ3v) is 3.19. The predicted molar refractivity (Wildman–Crippen MR) is 60.7 cm³/mol. The van der Waals surface area contributed by atoms with E-state index in [4.69, 9.17) is 0 Å². The molecule has 0 spiro atoms. The van der Waals surface area contributed by atoms with Crippen LogP contribution in [0.3, 0.4) is 0 Å². The van der Waals surface area contributed by atoms with Gasteiger partial charge in [-0.15, -0.1) is 0 Å².